The predicted octanol–water partition coefficient (Wildman–Crippen LogP) is 3.61. The SMILES string of the molecule is CC(Cc1ccccc1)C(CN)c1ccccc1. The molecule has 0 saturated carbocycles. The van der Waals surface area contributed by atoms with Gasteiger partial charge in [-0.2, -0.15) is 0 Å². The monoisotopic (exact) mass is 239 g/mol. The van der Waals surface area contributed by atoms with Crippen LogP contribution < -0.4 is 5.73 Å². The van der Waals surface area contributed by atoms with Gasteiger partial charge in [0, 0.05) is 0 Å². The zero-order valence-corrected chi connectivity index (χ0v) is 10.9. The molecule has 2 N–H and O–H groups in total. The Morgan fingerprint density at radius 2 is 1.44 bits per heavy atom. The maximum absolute atomic E-state index is 5.96. The Morgan fingerprint density at radius 3 is 2.00 bits per heavy atom. The van der Waals surface area contributed by atoms with Crippen molar-refractivity contribution in [2.45, 2.75) is 19.3 Å². The first-order valence-corrected chi connectivity index (χ1v) is 6.60. The molecule has 0 amide bonds. The minimum atomic E-state index is 0.436. The molecule has 0 radical (unpaired) electrons. The molecule has 0 heterocycles. The third-order valence-corrected chi connectivity index (χ3v) is 3.57. The average molecular weight is 239 g/mol. The molecule has 1 heteroatoms. The summed E-state index contributed by atoms with van der Waals surface area (Å²) in [4.78, 5) is 0. The lowest BCUT2D eigenvalue weighted by Gasteiger charge is -2.23. The molecule has 0 spiro atoms. The van der Waals surface area contributed by atoms with Crippen LogP contribution in [0.4, 0.5) is 0 Å². The van der Waals surface area contributed by atoms with Crippen LogP contribution >= 0.6 is 0 Å². The molecule has 0 bridgehead atoms. The van der Waals surface area contributed by atoms with Gasteiger partial charge < -0.3 is 5.73 Å². The second-order valence-corrected chi connectivity index (χ2v) is 4.92. The van der Waals surface area contributed by atoms with Crippen LogP contribution in [-0.2, 0) is 6.42 Å². The highest BCUT2D eigenvalue weighted by atomic mass is 14.6. The van der Waals surface area contributed by atoms with Crippen LogP contribution in [-0.4, -0.2) is 6.54 Å². The van der Waals surface area contributed by atoms with Crippen molar-refractivity contribution in [3.8, 4) is 0 Å². The first-order valence-electron chi connectivity index (χ1n) is 6.60. The number of benzene rings is 2. The Labute approximate surface area is 110 Å². The number of rotatable bonds is 5. The quantitative estimate of drug-likeness (QED) is 0.847. The van der Waals surface area contributed by atoms with Gasteiger partial charge in [0.15, 0.2) is 0 Å². The summed E-state index contributed by atoms with van der Waals surface area (Å²) in [7, 11) is 0. The third-order valence-electron chi connectivity index (χ3n) is 3.57. The maximum atomic E-state index is 5.96. The number of hydrogen-bond acceptors (Lipinski definition) is 1. The van der Waals surface area contributed by atoms with Crippen LogP contribution in [0.25, 0.3) is 0 Å². The highest BCUT2D eigenvalue weighted by Gasteiger charge is 2.17. The van der Waals surface area contributed by atoms with Crippen LogP contribution in [0.15, 0.2) is 60.7 Å². The molecule has 0 aliphatic carbocycles. The largest absolute Gasteiger partial charge is 0.330 e. The molecule has 2 aromatic carbocycles. The van der Waals surface area contributed by atoms with E-state index >= 15 is 0 Å². The fourth-order valence-electron chi connectivity index (χ4n) is 2.53. The minimum absolute atomic E-state index is 0.436. The van der Waals surface area contributed by atoms with Gasteiger partial charge in [0.2, 0.25) is 0 Å². The predicted molar refractivity (Wildman–Crippen MR) is 77.5 cm³/mol. The van der Waals surface area contributed by atoms with E-state index in [4.69, 9.17) is 5.73 Å². The van der Waals surface area contributed by atoms with Crippen LogP contribution in [0.1, 0.15) is 24.0 Å². The van der Waals surface area contributed by atoms with Crippen LogP contribution in [0.5, 0.6) is 0 Å². The van der Waals surface area contributed by atoms with Gasteiger partial charge in [-0.05, 0) is 35.9 Å². The smallest absolute Gasteiger partial charge is 0.000555 e. The molecule has 2 unspecified atom stereocenters. The third kappa shape index (κ3) is 3.21. The highest BCUT2D eigenvalue weighted by Crippen LogP contribution is 2.26. The van der Waals surface area contributed by atoms with Gasteiger partial charge in [0.1, 0.15) is 0 Å². The Hall–Kier alpha value is -1.60. The molecule has 2 atom stereocenters. The van der Waals surface area contributed by atoms with Crippen LogP contribution in [0, 0.1) is 5.92 Å². The fourth-order valence-corrected chi connectivity index (χ4v) is 2.53. The van der Waals surface area contributed by atoms with Crippen LogP contribution in [0.3, 0.4) is 0 Å². The standard InChI is InChI=1S/C17H21N/c1-14(12-15-8-4-2-5-9-15)17(13-18)16-10-6-3-7-11-16/h2-11,14,17H,12-13,18H2,1H3. The summed E-state index contributed by atoms with van der Waals surface area (Å²) in [6.45, 7) is 3.00. The Balaban J connectivity index is 2.09. The van der Waals surface area contributed by atoms with E-state index in [0.717, 1.165) is 6.42 Å². The summed E-state index contributed by atoms with van der Waals surface area (Å²) in [5.74, 6) is 0.992. The molecule has 94 valence electrons. The molecule has 0 aromatic heterocycles. The molecule has 18 heavy (non-hydrogen) atoms. The van der Waals surface area contributed by atoms with E-state index < -0.39 is 0 Å². The maximum Gasteiger partial charge on any atom is -0.000555 e. The van der Waals surface area contributed by atoms with Crippen LogP contribution in [0.2, 0.25) is 0 Å². The van der Waals surface area contributed by atoms with E-state index in [0.29, 0.717) is 18.4 Å². The summed E-state index contributed by atoms with van der Waals surface area (Å²) in [5.41, 5.74) is 8.70. The molecule has 0 fully saturated rings. The van der Waals surface area contributed by atoms with Gasteiger partial charge >= 0.3 is 0 Å². The zero-order valence-electron chi connectivity index (χ0n) is 10.9. The topological polar surface area (TPSA) is 26.0 Å². The molecule has 2 aromatic rings. The second kappa shape index (κ2) is 6.36. The lowest BCUT2D eigenvalue weighted by atomic mass is 9.83. The van der Waals surface area contributed by atoms with Crippen molar-refractivity contribution < 1.29 is 0 Å². The van der Waals surface area contributed by atoms with Crippen molar-refractivity contribution in [1.82, 2.24) is 0 Å². The van der Waals surface area contributed by atoms with Gasteiger partial charge in [-0.15, -0.1) is 0 Å². The zero-order chi connectivity index (χ0) is 12.8. The summed E-state index contributed by atoms with van der Waals surface area (Å²) >= 11 is 0. The highest BCUT2D eigenvalue weighted by molar-refractivity contribution is 5.22. The van der Waals surface area contributed by atoms with E-state index in [9.17, 15) is 0 Å². The van der Waals surface area contributed by atoms with Crippen molar-refractivity contribution in [3.05, 3.63) is 71.8 Å². The van der Waals surface area contributed by atoms with Crippen molar-refractivity contribution in [2.24, 2.45) is 11.7 Å². The normalized spacial score (nSPS) is 14.1. The molecule has 0 saturated heterocycles. The van der Waals surface area contributed by atoms with Crippen molar-refractivity contribution in [1.29, 1.82) is 0 Å². The molecular formula is C17H21N. The van der Waals surface area contributed by atoms with Gasteiger partial charge in [-0.25, -0.2) is 0 Å². The van der Waals surface area contributed by atoms with E-state index in [-0.39, 0.29) is 0 Å². The van der Waals surface area contributed by atoms with Crippen molar-refractivity contribution in [3.63, 3.8) is 0 Å². The van der Waals surface area contributed by atoms with Gasteiger partial charge in [-0.1, -0.05) is 67.6 Å². The van der Waals surface area contributed by atoms with Gasteiger partial charge in [0.25, 0.3) is 0 Å². The summed E-state index contributed by atoms with van der Waals surface area (Å²) in [6.07, 6.45) is 1.08. The fraction of sp³-hybridized carbons (Fsp3) is 0.294. The molecule has 0 aliphatic rings. The number of hydrogen-bond donors (Lipinski definition) is 1. The number of nitrogens with two attached hydrogens (primary N) is 1. The molecule has 1 nitrogen and oxygen atoms in total. The van der Waals surface area contributed by atoms with Gasteiger partial charge in [0.05, 0.1) is 0 Å². The van der Waals surface area contributed by atoms with E-state index in [1.165, 1.54) is 11.1 Å². The minimum Gasteiger partial charge on any atom is -0.330 e. The van der Waals surface area contributed by atoms with Crippen molar-refractivity contribution in [2.75, 3.05) is 6.54 Å². The lowest BCUT2D eigenvalue weighted by Crippen LogP contribution is -2.21. The van der Waals surface area contributed by atoms with Gasteiger partial charge in [-0.3, -0.25) is 0 Å². The Morgan fingerprint density at radius 1 is 0.889 bits per heavy atom. The van der Waals surface area contributed by atoms with E-state index in [1.54, 1.807) is 0 Å². The molecule has 0 aliphatic heterocycles. The van der Waals surface area contributed by atoms with E-state index in [1.807, 2.05) is 0 Å². The summed E-state index contributed by atoms with van der Waals surface area (Å²) in [6, 6.07) is 21.2. The summed E-state index contributed by atoms with van der Waals surface area (Å²) in [5, 5.41) is 0. The Bertz CT molecular complexity index is 450. The molecule has 2 rings (SSSR count). The average Bonchev–Trinajstić information content (AvgIpc) is 2.42. The lowest BCUT2D eigenvalue weighted by molar-refractivity contribution is 0.463. The first kappa shape index (κ1) is 12.8. The van der Waals surface area contributed by atoms with E-state index in [2.05, 4.69) is 67.6 Å². The summed E-state index contributed by atoms with van der Waals surface area (Å²) < 4.78 is 0. The second-order valence-electron chi connectivity index (χ2n) is 4.92. The molecular weight excluding hydrogens is 218 g/mol. The first-order chi connectivity index (χ1) is 8.81. The Kier molecular flexibility index (Phi) is 4.54. The van der Waals surface area contributed by atoms with Crippen molar-refractivity contribution >= 4 is 0 Å².